The van der Waals surface area contributed by atoms with E-state index < -0.39 is 5.91 Å². The maximum absolute atomic E-state index is 12.2. The van der Waals surface area contributed by atoms with Crippen LogP contribution in [0.15, 0.2) is 59.7 Å². The molecule has 2 N–H and O–H groups in total. The van der Waals surface area contributed by atoms with Crippen LogP contribution in [0.5, 0.6) is 11.5 Å². The molecule has 0 aliphatic carbocycles. The van der Waals surface area contributed by atoms with Crippen molar-refractivity contribution in [2.45, 2.75) is 6.92 Å². The Morgan fingerprint density at radius 2 is 1.97 bits per heavy atom. The van der Waals surface area contributed by atoms with Gasteiger partial charge in [0.2, 0.25) is 0 Å². The van der Waals surface area contributed by atoms with Crippen LogP contribution in [0.1, 0.15) is 27.2 Å². The van der Waals surface area contributed by atoms with Gasteiger partial charge in [-0.25, -0.2) is 5.43 Å². The third-order valence-electron chi connectivity index (χ3n) is 4.12. The number of nitrogens with zero attached hydrogens (tertiary/aromatic N) is 3. The molecular weight excluding hydrogens is 368 g/mol. The first-order valence-electron chi connectivity index (χ1n) is 8.70. The molecule has 7 nitrogen and oxygen atoms in total. The number of ether oxygens (including phenoxy) is 1. The van der Waals surface area contributed by atoms with Crippen molar-refractivity contribution in [3.8, 4) is 28.8 Å². The largest absolute Gasteiger partial charge is 0.507 e. The Bertz CT molecular complexity index is 1120. The van der Waals surface area contributed by atoms with Gasteiger partial charge in [0.1, 0.15) is 17.6 Å². The van der Waals surface area contributed by atoms with E-state index in [1.165, 1.54) is 24.4 Å². The molecule has 0 saturated carbocycles. The van der Waals surface area contributed by atoms with Crippen molar-refractivity contribution in [2.75, 3.05) is 7.11 Å². The van der Waals surface area contributed by atoms with Gasteiger partial charge in [0.05, 0.1) is 24.6 Å². The van der Waals surface area contributed by atoms with E-state index in [2.05, 4.69) is 15.5 Å². The Labute approximate surface area is 167 Å². The fourth-order valence-electron chi connectivity index (χ4n) is 2.68. The average Bonchev–Trinajstić information content (AvgIpc) is 2.73. The molecule has 0 spiro atoms. The predicted molar refractivity (Wildman–Crippen MR) is 109 cm³/mol. The summed E-state index contributed by atoms with van der Waals surface area (Å²) in [6.45, 7) is 1.88. The van der Waals surface area contributed by atoms with Crippen LogP contribution in [0.3, 0.4) is 0 Å². The maximum Gasteiger partial charge on any atom is 0.271 e. The monoisotopic (exact) mass is 386 g/mol. The molecule has 3 rings (SSSR count). The van der Waals surface area contributed by atoms with E-state index in [4.69, 9.17) is 10.00 Å². The Morgan fingerprint density at radius 1 is 1.21 bits per heavy atom. The van der Waals surface area contributed by atoms with Crippen LogP contribution in [0.4, 0.5) is 0 Å². The number of nitrogens with one attached hydrogen (secondary N) is 1. The van der Waals surface area contributed by atoms with Crippen LogP contribution >= 0.6 is 0 Å². The zero-order valence-corrected chi connectivity index (χ0v) is 15.9. The van der Waals surface area contributed by atoms with Crippen molar-refractivity contribution in [3.63, 3.8) is 0 Å². The van der Waals surface area contributed by atoms with E-state index in [0.717, 1.165) is 28.3 Å². The number of pyridine rings is 1. The Hall–Kier alpha value is -4.18. The predicted octanol–water partition coefficient (Wildman–Crippen LogP) is 3.41. The van der Waals surface area contributed by atoms with Crippen molar-refractivity contribution in [3.05, 3.63) is 77.0 Å². The number of carbonyl (C=O) groups excluding carboxylic acids is 1. The highest BCUT2D eigenvalue weighted by Gasteiger charge is 2.08. The summed E-state index contributed by atoms with van der Waals surface area (Å²) in [6, 6.07) is 17.1. The number of amides is 1. The Kier molecular flexibility index (Phi) is 5.85. The molecule has 0 aliphatic rings. The number of hydrogen-bond acceptors (Lipinski definition) is 6. The lowest BCUT2D eigenvalue weighted by atomic mass is 10.1. The Morgan fingerprint density at radius 3 is 2.66 bits per heavy atom. The lowest BCUT2D eigenvalue weighted by Crippen LogP contribution is -2.17. The molecule has 1 aromatic heterocycles. The van der Waals surface area contributed by atoms with Gasteiger partial charge in [0.15, 0.2) is 0 Å². The van der Waals surface area contributed by atoms with E-state index in [1.54, 1.807) is 7.11 Å². The molecule has 3 aromatic rings. The molecule has 0 saturated heterocycles. The van der Waals surface area contributed by atoms with Gasteiger partial charge in [0.25, 0.3) is 5.91 Å². The molecule has 0 unspecified atom stereocenters. The SMILES string of the molecule is COc1ccc(-c2cc(C=NNC(=O)c3ccc(O)c(C#N)c3)cc(C)n2)cc1. The molecule has 0 fully saturated rings. The quantitative estimate of drug-likeness (QED) is 0.516. The van der Waals surface area contributed by atoms with Crippen LogP contribution in [-0.2, 0) is 0 Å². The number of phenols is 1. The summed E-state index contributed by atoms with van der Waals surface area (Å²) in [6.07, 6.45) is 1.52. The second kappa shape index (κ2) is 8.67. The minimum absolute atomic E-state index is 0.0236. The lowest BCUT2D eigenvalue weighted by molar-refractivity contribution is 0.0955. The van der Waals surface area contributed by atoms with Crippen molar-refractivity contribution in [1.29, 1.82) is 5.26 Å². The van der Waals surface area contributed by atoms with Crippen LogP contribution < -0.4 is 10.2 Å². The van der Waals surface area contributed by atoms with Crippen LogP contribution in [0.25, 0.3) is 11.3 Å². The van der Waals surface area contributed by atoms with Crippen molar-refractivity contribution in [1.82, 2.24) is 10.4 Å². The summed E-state index contributed by atoms with van der Waals surface area (Å²) < 4.78 is 5.17. The van der Waals surface area contributed by atoms with Gasteiger partial charge in [-0.15, -0.1) is 0 Å². The van der Waals surface area contributed by atoms with Gasteiger partial charge in [0, 0.05) is 16.8 Å². The Balaban J connectivity index is 1.76. The summed E-state index contributed by atoms with van der Waals surface area (Å²) in [7, 11) is 1.61. The van der Waals surface area contributed by atoms with Gasteiger partial charge in [-0.3, -0.25) is 9.78 Å². The van der Waals surface area contributed by atoms with E-state index >= 15 is 0 Å². The molecule has 1 heterocycles. The molecule has 0 bridgehead atoms. The topological polar surface area (TPSA) is 108 Å². The van der Waals surface area contributed by atoms with Gasteiger partial charge in [-0.05, 0) is 67.1 Å². The highest BCUT2D eigenvalue weighted by atomic mass is 16.5. The minimum Gasteiger partial charge on any atom is -0.507 e. The van der Waals surface area contributed by atoms with Crippen LogP contribution in [0, 0.1) is 18.3 Å². The number of phenolic OH excluding ortho intramolecular Hbond substituents is 1. The van der Waals surface area contributed by atoms with E-state index in [-0.39, 0.29) is 16.9 Å². The van der Waals surface area contributed by atoms with E-state index in [9.17, 15) is 9.90 Å². The zero-order valence-electron chi connectivity index (χ0n) is 15.9. The van der Waals surface area contributed by atoms with Gasteiger partial charge in [-0.2, -0.15) is 10.4 Å². The summed E-state index contributed by atoms with van der Waals surface area (Å²) >= 11 is 0. The first-order valence-corrected chi connectivity index (χ1v) is 8.70. The van der Waals surface area contributed by atoms with E-state index in [1.807, 2.05) is 49.4 Å². The minimum atomic E-state index is -0.487. The van der Waals surface area contributed by atoms with Crippen molar-refractivity contribution in [2.24, 2.45) is 5.10 Å². The highest BCUT2D eigenvalue weighted by molar-refractivity contribution is 5.95. The lowest BCUT2D eigenvalue weighted by Gasteiger charge is -2.06. The third kappa shape index (κ3) is 4.76. The van der Waals surface area contributed by atoms with Crippen molar-refractivity contribution >= 4 is 12.1 Å². The first-order chi connectivity index (χ1) is 14.0. The molecule has 0 radical (unpaired) electrons. The average molecular weight is 386 g/mol. The van der Waals surface area contributed by atoms with Crippen molar-refractivity contribution < 1.29 is 14.6 Å². The zero-order chi connectivity index (χ0) is 20.8. The molecule has 0 aliphatic heterocycles. The number of rotatable bonds is 5. The summed E-state index contributed by atoms with van der Waals surface area (Å²) in [5.74, 6) is 0.101. The van der Waals surface area contributed by atoms with Crippen LogP contribution in [-0.4, -0.2) is 29.3 Å². The number of methoxy groups -OCH3 is 1. The number of benzene rings is 2. The second-order valence-electron chi connectivity index (χ2n) is 6.20. The smallest absolute Gasteiger partial charge is 0.271 e. The first kappa shape index (κ1) is 19.6. The summed E-state index contributed by atoms with van der Waals surface area (Å²) in [4.78, 5) is 16.7. The molecular formula is C22H18N4O3. The molecule has 29 heavy (non-hydrogen) atoms. The number of nitriles is 1. The summed E-state index contributed by atoms with van der Waals surface area (Å²) in [5.41, 5.74) is 5.95. The number of hydrogen-bond donors (Lipinski definition) is 2. The molecule has 7 heteroatoms. The maximum atomic E-state index is 12.2. The molecule has 144 valence electrons. The number of aromatic hydroxyl groups is 1. The van der Waals surface area contributed by atoms with Gasteiger partial charge < -0.3 is 9.84 Å². The number of aryl methyl sites for hydroxylation is 1. The number of aromatic nitrogens is 1. The van der Waals surface area contributed by atoms with Gasteiger partial charge >= 0.3 is 0 Å². The standard InChI is InChI=1S/C22H18N4O3/c1-14-9-15(10-20(25-14)16-3-6-19(29-2)7-4-16)13-24-26-22(28)17-5-8-21(27)18(11-17)12-23/h3-11,13,27H,1-2H3,(H,26,28). The third-order valence-corrected chi connectivity index (χ3v) is 4.12. The number of hydrazone groups is 1. The molecule has 2 aromatic carbocycles. The van der Waals surface area contributed by atoms with E-state index in [0.29, 0.717) is 0 Å². The molecule has 1 amide bonds. The van der Waals surface area contributed by atoms with Gasteiger partial charge in [-0.1, -0.05) is 0 Å². The molecule has 0 atom stereocenters. The van der Waals surface area contributed by atoms with Crippen LogP contribution in [0.2, 0.25) is 0 Å². The second-order valence-corrected chi connectivity index (χ2v) is 6.20. The summed E-state index contributed by atoms with van der Waals surface area (Å²) in [5, 5.41) is 22.4. The normalized spacial score (nSPS) is 10.5. The highest BCUT2D eigenvalue weighted by Crippen LogP contribution is 2.22. The fourth-order valence-corrected chi connectivity index (χ4v) is 2.68. The fraction of sp³-hybridized carbons (Fsp3) is 0.0909. The number of carbonyl (C=O) groups is 1.